The number of hydrogen-bond acceptors (Lipinski definition) is 2. The maximum atomic E-state index is 11.0. The van der Waals surface area contributed by atoms with Gasteiger partial charge in [-0.1, -0.05) is 36.4 Å². The summed E-state index contributed by atoms with van der Waals surface area (Å²) in [7, 11) is 0. The van der Waals surface area contributed by atoms with E-state index in [1.165, 1.54) is 0 Å². The molecule has 0 unspecified atom stereocenters. The highest BCUT2D eigenvalue weighted by atomic mass is 16.1. The van der Waals surface area contributed by atoms with Gasteiger partial charge in [-0.15, -0.1) is 0 Å². The van der Waals surface area contributed by atoms with Gasteiger partial charge in [0.15, 0.2) is 0 Å². The van der Waals surface area contributed by atoms with E-state index >= 15 is 0 Å². The average molecular weight is 240 g/mol. The predicted molar refractivity (Wildman–Crippen MR) is 70.9 cm³/mol. The number of nitrogens with zero attached hydrogens (tertiary/aromatic N) is 2. The Hall–Kier alpha value is -2.16. The number of aromatic nitrogens is 1. The maximum absolute atomic E-state index is 11.0. The van der Waals surface area contributed by atoms with Crippen molar-refractivity contribution in [2.75, 3.05) is 6.54 Å². The van der Waals surface area contributed by atoms with Crippen LogP contribution in [0.3, 0.4) is 0 Å². The van der Waals surface area contributed by atoms with Crippen molar-refractivity contribution in [2.45, 2.75) is 13.0 Å². The third-order valence-electron chi connectivity index (χ3n) is 2.76. The second kappa shape index (κ2) is 6.55. The Morgan fingerprint density at radius 1 is 1.06 bits per heavy atom. The number of carbonyl (C=O) groups excluding carboxylic acids is 1. The average Bonchev–Trinajstić information content (AvgIpc) is 2.45. The van der Waals surface area contributed by atoms with Gasteiger partial charge in [-0.25, -0.2) is 0 Å². The number of benzene rings is 1. The molecule has 1 heterocycles. The summed E-state index contributed by atoms with van der Waals surface area (Å²) >= 11 is 0. The van der Waals surface area contributed by atoms with Crippen LogP contribution in [0, 0.1) is 0 Å². The molecule has 0 aliphatic carbocycles. The van der Waals surface area contributed by atoms with Crippen molar-refractivity contribution in [1.29, 1.82) is 0 Å². The lowest BCUT2D eigenvalue weighted by Gasteiger charge is -2.17. The van der Waals surface area contributed by atoms with Gasteiger partial charge in [-0.05, 0) is 17.7 Å². The van der Waals surface area contributed by atoms with Crippen LogP contribution in [-0.2, 0) is 17.8 Å². The molecule has 0 fully saturated rings. The van der Waals surface area contributed by atoms with Crippen LogP contribution < -0.4 is 0 Å². The Morgan fingerprint density at radius 2 is 1.83 bits per heavy atom. The van der Waals surface area contributed by atoms with Gasteiger partial charge in [0.1, 0.15) is 0 Å². The summed E-state index contributed by atoms with van der Waals surface area (Å²) in [6, 6.07) is 15.8. The van der Waals surface area contributed by atoms with E-state index in [0.717, 1.165) is 24.1 Å². The monoisotopic (exact) mass is 240 g/mol. The first-order valence-corrected chi connectivity index (χ1v) is 6.01. The summed E-state index contributed by atoms with van der Waals surface area (Å²) in [6.45, 7) is 1.34. The lowest BCUT2D eigenvalue weighted by atomic mass is 10.2. The molecule has 1 aromatic heterocycles. The van der Waals surface area contributed by atoms with Gasteiger partial charge < -0.3 is 4.90 Å². The zero-order chi connectivity index (χ0) is 12.6. The quantitative estimate of drug-likeness (QED) is 0.726. The van der Waals surface area contributed by atoms with E-state index in [9.17, 15) is 4.79 Å². The Balaban J connectivity index is 1.88. The standard InChI is InChI=1S/C15H16N2O/c18-13-17(12-14-6-2-1-3-7-14)11-9-15-8-4-5-10-16-15/h1-8,10,13H,9,11-12H2. The third-order valence-corrected chi connectivity index (χ3v) is 2.76. The molecule has 0 N–H and O–H groups in total. The van der Waals surface area contributed by atoms with Gasteiger partial charge in [-0.3, -0.25) is 9.78 Å². The van der Waals surface area contributed by atoms with Crippen LogP contribution in [0.25, 0.3) is 0 Å². The summed E-state index contributed by atoms with van der Waals surface area (Å²) < 4.78 is 0. The fraction of sp³-hybridized carbons (Fsp3) is 0.200. The number of rotatable bonds is 6. The molecule has 0 saturated heterocycles. The van der Waals surface area contributed by atoms with Gasteiger partial charge in [-0.2, -0.15) is 0 Å². The summed E-state index contributed by atoms with van der Waals surface area (Å²) in [5, 5.41) is 0. The number of pyridine rings is 1. The molecule has 3 heteroatoms. The van der Waals surface area contributed by atoms with Gasteiger partial charge in [0.2, 0.25) is 6.41 Å². The van der Waals surface area contributed by atoms with E-state index in [1.807, 2.05) is 48.5 Å². The minimum atomic E-state index is 0.650. The van der Waals surface area contributed by atoms with Crippen LogP contribution in [0.5, 0.6) is 0 Å². The van der Waals surface area contributed by atoms with Gasteiger partial charge in [0, 0.05) is 31.4 Å². The lowest BCUT2D eigenvalue weighted by molar-refractivity contribution is -0.118. The first-order valence-electron chi connectivity index (χ1n) is 6.01. The Morgan fingerprint density at radius 3 is 2.50 bits per heavy atom. The Kier molecular flexibility index (Phi) is 4.47. The van der Waals surface area contributed by atoms with Crippen molar-refractivity contribution in [3.05, 3.63) is 66.0 Å². The highest BCUT2D eigenvalue weighted by Gasteiger charge is 2.03. The fourth-order valence-corrected chi connectivity index (χ4v) is 1.79. The Labute approximate surface area is 107 Å². The first kappa shape index (κ1) is 12.3. The van der Waals surface area contributed by atoms with Crippen LogP contribution >= 0.6 is 0 Å². The van der Waals surface area contributed by atoms with Crippen LogP contribution in [0.15, 0.2) is 54.7 Å². The molecule has 0 bridgehead atoms. The van der Waals surface area contributed by atoms with Gasteiger partial charge >= 0.3 is 0 Å². The van der Waals surface area contributed by atoms with Crippen molar-refractivity contribution in [1.82, 2.24) is 9.88 Å². The normalized spacial score (nSPS) is 10.0. The molecule has 1 amide bonds. The van der Waals surface area contributed by atoms with Crippen molar-refractivity contribution >= 4 is 6.41 Å². The molecule has 0 atom stereocenters. The van der Waals surface area contributed by atoms with Crippen molar-refractivity contribution < 1.29 is 4.79 Å². The molecule has 3 nitrogen and oxygen atoms in total. The molecular weight excluding hydrogens is 224 g/mol. The molecule has 0 aliphatic heterocycles. The maximum Gasteiger partial charge on any atom is 0.210 e. The fourth-order valence-electron chi connectivity index (χ4n) is 1.79. The number of carbonyl (C=O) groups is 1. The SMILES string of the molecule is O=CN(CCc1ccccn1)Cc1ccccc1. The van der Waals surface area contributed by atoms with Crippen molar-refractivity contribution in [3.8, 4) is 0 Å². The molecule has 0 aliphatic rings. The Bertz CT molecular complexity index is 470. The van der Waals surface area contributed by atoms with E-state index in [2.05, 4.69) is 4.98 Å². The zero-order valence-corrected chi connectivity index (χ0v) is 10.2. The van der Waals surface area contributed by atoms with Crippen LogP contribution in [0.1, 0.15) is 11.3 Å². The van der Waals surface area contributed by atoms with Gasteiger partial charge in [0.05, 0.1) is 0 Å². The van der Waals surface area contributed by atoms with Crippen molar-refractivity contribution in [3.63, 3.8) is 0 Å². The summed E-state index contributed by atoms with van der Waals surface area (Å²) in [5.74, 6) is 0. The molecule has 2 rings (SSSR count). The van der Waals surface area contributed by atoms with Crippen molar-refractivity contribution in [2.24, 2.45) is 0 Å². The highest BCUT2D eigenvalue weighted by Crippen LogP contribution is 2.04. The van der Waals surface area contributed by atoms with E-state index in [0.29, 0.717) is 13.1 Å². The topological polar surface area (TPSA) is 33.2 Å². The predicted octanol–water partition coefficient (Wildman–Crippen LogP) is 2.28. The lowest BCUT2D eigenvalue weighted by Crippen LogP contribution is -2.24. The number of amides is 1. The number of hydrogen-bond donors (Lipinski definition) is 0. The van der Waals surface area contributed by atoms with Crippen LogP contribution in [-0.4, -0.2) is 22.8 Å². The molecular formula is C15H16N2O. The first-order chi connectivity index (χ1) is 8.88. The minimum absolute atomic E-state index is 0.650. The molecule has 18 heavy (non-hydrogen) atoms. The second-order valence-corrected chi connectivity index (χ2v) is 4.13. The molecule has 0 saturated carbocycles. The zero-order valence-electron chi connectivity index (χ0n) is 10.2. The summed E-state index contributed by atoms with van der Waals surface area (Å²) in [4.78, 5) is 17.1. The van der Waals surface area contributed by atoms with Crippen LogP contribution in [0.4, 0.5) is 0 Å². The highest BCUT2D eigenvalue weighted by molar-refractivity contribution is 5.47. The van der Waals surface area contributed by atoms with E-state index < -0.39 is 0 Å². The second-order valence-electron chi connectivity index (χ2n) is 4.13. The van der Waals surface area contributed by atoms with Crippen LogP contribution in [0.2, 0.25) is 0 Å². The molecule has 92 valence electrons. The molecule has 0 spiro atoms. The minimum Gasteiger partial charge on any atom is -0.341 e. The van der Waals surface area contributed by atoms with E-state index in [1.54, 1.807) is 11.1 Å². The van der Waals surface area contributed by atoms with E-state index in [4.69, 9.17) is 0 Å². The third kappa shape index (κ3) is 3.70. The summed E-state index contributed by atoms with van der Waals surface area (Å²) in [6.07, 6.45) is 3.46. The summed E-state index contributed by atoms with van der Waals surface area (Å²) in [5.41, 5.74) is 2.16. The smallest absolute Gasteiger partial charge is 0.210 e. The molecule has 0 radical (unpaired) electrons. The van der Waals surface area contributed by atoms with E-state index in [-0.39, 0.29) is 0 Å². The largest absolute Gasteiger partial charge is 0.341 e. The molecule has 1 aromatic carbocycles. The van der Waals surface area contributed by atoms with Gasteiger partial charge in [0.25, 0.3) is 0 Å². The molecule has 2 aromatic rings.